The molecule has 126 valence electrons. The van der Waals surface area contributed by atoms with Gasteiger partial charge < -0.3 is 10.1 Å². The van der Waals surface area contributed by atoms with E-state index in [0.29, 0.717) is 12.6 Å². The average Bonchev–Trinajstić information content (AvgIpc) is 2.71. The Bertz CT molecular complexity index is 881. The molecule has 0 aliphatic carbocycles. The number of carbonyl (C=O) groups is 1. The second-order valence-electron chi connectivity index (χ2n) is 5.98. The van der Waals surface area contributed by atoms with Gasteiger partial charge in [-0.25, -0.2) is 0 Å². The summed E-state index contributed by atoms with van der Waals surface area (Å²) in [5.74, 6) is 5.91. The van der Waals surface area contributed by atoms with E-state index in [1.54, 1.807) is 23.6 Å². The van der Waals surface area contributed by atoms with E-state index in [-0.39, 0.29) is 5.91 Å². The highest BCUT2D eigenvalue weighted by Gasteiger charge is 2.27. The van der Waals surface area contributed by atoms with Crippen LogP contribution in [0.1, 0.15) is 17.3 Å². The number of hydrogen-bond acceptors (Lipinski definition) is 4. The summed E-state index contributed by atoms with van der Waals surface area (Å²) in [5.41, 5.74) is 2.68. The molecule has 0 unspecified atom stereocenters. The summed E-state index contributed by atoms with van der Waals surface area (Å²) in [6, 6.07) is 14.3. The van der Waals surface area contributed by atoms with Crippen molar-refractivity contribution in [2.75, 3.05) is 30.0 Å². The Kier molecular flexibility index (Phi) is 4.39. The van der Waals surface area contributed by atoms with E-state index in [1.807, 2.05) is 36.4 Å². The zero-order valence-corrected chi connectivity index (χ0v) is 14.7. The third-order valence-corrected chi connectivity index (χ3v) is 5.38. The van der Waals surface area contributed by atoms with Crippen LogP contribution in [0, 0.1) is 11.8 Å². The normalized spacial score (nSPS) is 16.0. The van der Waals surface area contributed by atoms with Gasteiger partial charge in [0.05, 0.1) is 37.1 Å². The molecule has 2 aromatic carbocycles. The van der Waals surface area contributed by atoms with Crippen molar-refractivity contribution < 1.29 is 9.53 Å². The fourth-order valence-corrected chi connectivity index (χ4v) is 4.00. The number of nitrogens with zero attached hydrogens (tertiary/aromatic N) is 1. The first kappa shape index (κ1) is 16.1. The number of nitrogens with one attached hydrogen (secondary N) is 1. The fraction of sp³-hybridized carbons (Fsp3) is 0.250. The van der Waals surface area contributed by atoms with Crippen LogP contribution in [0.2, 0.25) is 0 Å². The van der Waals surface area contributed by atoms with Crippen LogP contribution >= 0.6 is 11.8 Å². The Morgan fingerprint density at radius 2 is 2.08 bits per heavy atom. The second kappa shape index (κ2) is 6.83. The lowest BCUT2D eigenvalue weighted by Crippen LogP contribution is -2.40. The third-order valence-electron chi connectivity index (χ3n) is 4.26. The summed E-state index contributed by atoms with van der Waals surface area (Å²) < 4.78 is 5.23. The number of benzene rings is 2. The fourth-order valence-electron chi connectivity index (χ4n) is 2.88. The Labute approximate surface area is 151 Å². The molecule has 4 rings (SSSR count). The van der Waals surface area contributed by atoms with Gasteiger partial charge in [0.15, 0.2) is 0 Å². The van der Waals surface area contributed by atoms with E-state index in [9.17, 15) is 4.79 Å². The Morgan fingerprint density at radius 1 is 1.24 bits per heavy atom. The van der Waals surface area contributed by atoms with E-state index >= 15 is 0 Å². The maximum absolute atomic E-state index is 13.0. The number of carbonyl (C=O) groups excluding carboxylic acids is 1. The van der Waals surface area contributed by atoms with E-state index in [2.05, 4.69) is 23.2 Å². The SMILES string of the molecule is CC#CCN1C(=O)c2ccccc2Sc2cc(NC3COC3)ccc21. The molecule has 2 heterocycles. The minimum absolute atomic E-state index is 0.00213. The Morgan fingerprint density at radius 3 is 2.84 bits per heavy atom. The summed E-state index contributed by atoms with van der Waals surface area (Å²) in [6.45, 7) is 3.66. The smallest absolute Gasteiger partial charge is 0.260 e. The van der Waals surface area contributed by atoms with Crippen LogP contribution in [0.5, 0.6) is 0 Å². The minimum atomic E-state index is -0.00213. The van der Waals surface area contributed by atoms with Crippen LogP contribution in [0.3, 0.4) is 0 Å². The monoisotopic (exact) mass is 350 g/mol. The number of ether oxygens (including phenoxy) is 1. The maximum Gasteiger partial charge on any atom is 0.260 e. The van der Waals surface area contributed by atoms with Crippen LogP contribution in [0.15, 0.2) is 52.3 Å². The number of hydrogen-bond donors (Lipinski definition) is 1. The molecule has 1 amide bonds. The summed E-state index contributed by atoms with van der Waals surface area (Å²) in [5, 5.41) is 3.47. The van der Waals surface area contributed by atoms with Crippen molar-refractivity contribution in [1.82, 2.24) is 0 Å². The molecular weight excluding hydrogens is 332 g/mol. The van der Waals surface area contributed by atoms with Crippen molar-refractivity contribution >= 4 is 29.0 Å². The molecule has 0 saturated carbocycles. The first-order valence-electron chi connectivity index (χ1n) is 8.23. The van der Waals surface area contributed by atoms with Gasteiger partial charge >= 0.3 is 0 Å². The topological polar surface area (TPSA) is 41.6 Å². The Balaban J connectivity index is 1.76. The summed E-state index contributed by atoms with van der Waals surface area (Å²) in [7, 11) is 0. The van der Waals surface area contributed by atoms with Gasteiger partial charge in [-0.1, -0.05) is 29.8 Å². The molecule has 1 fully saturated rings. The van der Waals surface area contributed by atoms with Crippen LogP contribution in [-0.2, 0) is 4.74 Å². The van der Waals surface area contributed by atoms with Gasteiger partial charge in [0.25, 0.3) is 5.91 Å². The molecule has 0 aromatic heterocycles. The van der Waals surface area contributed by atoms with E-state index < -0.39 is 0 Å². The first-order chi connectivity index (χ1) is 12.3. The van der Waals surface area contributed by atoms with E-state index in [4.69, 9.17) is 4.74 Å². The highest BCUT2D eigenvalue weighted by atomic mass is 32.2. The predicted octanol–water partition coefficient (Wildman–Crippen LogP) is 3.63. The van der Waals surface area contributed by atoms with Crippen molar-refractivity contribution in [3.05, 3.63) is 48.0 Å². The number of amides is 1. The van der Waals surface area contributed by atoms with Crippen LogP contribution < -0.4 is 10.2 Å². The summed E-state index contributed by atoms with van der Waals surface area (Å²) >= 11 is 1.63. The quantitative estimate of drug-likeness (QED) is 0.859. The van der Waals surface area contributed by atoms with Gasteiger partial charge in [0, 0.05) is 15.5 Å². The highest BCUT2D eigenvalue weighted by Crippen LogP contribution is 2.42. The van der Waals surface area contributed by atoms with Crippen LogP contribution in [-0.4, -0.2) is 31.7 Å². The van der Waals surface area contributed by atoms with Gasteiger partial charge in [-0.3, -0.25) is 9.69 Å². The number of rotatable bonds is 3. The zero-order chi connectivity index (χ0) is 17.2. The largest absolute Gasteiger partial charge is 0.378 e. The van der Waals surface area contributed by atoms with Gasteiger partial charge in [-0.2, -0.15) is 0 Å². The molecule has 5 heteroatoms. The standard InChI is InChI=1S/C20H18N2O2S/c1-2-3-10-22-17-9-8-14(21-15-12-24-13-15)11-19(17)25-18-7-5-4-6-16(18)20(22)23/h4-9,11,15,21H,10,12-13H2,1H3. The third kappa shape index (κ3) is 3.11. The minimum Gasteiger partial charge on any atom is -0.378 e. The summed E-state index contributed by atoms with van der Waals surface area (Å²) in [6.07, 6.45) is 0. The van der Waals surface area contributed by atoms with E-state index in [1.165, 1.54) is 0 Å². The maximum atomic E-state index is 13.0. The van der Waals surface area contributed by atoms with Crippen LogP contribution in [0.25, 0.3) is 0 Å². The molecule has 2 aliphatic rings. The number of fused-ring (bicyclic) bond motifs is 2. The van der Waals surface area contributed by atoms with Crippen LogP contribution in [0.4, 0.5) is 11.4 Å². The highest BCUT2D eigenvalue weighted by molar-refractivity contribution is 7.99. The molecule has 0 radical (unpaired) electrons. The second-order valence-corrected chi connectivity index (χ2v) is 7.06. The lowest BCUT2D eigenvalue weighted by Gasteiger charge is -2.28. The molecule has 0 spiro atoms. The molecule has 1 N–H and O–H groups in total. The average molecular weight is 350 g/mol. The van der Waals surface area contributed by atoms with Crippen molar-refractivity contribution in [2.24, 2.45) is 0 Å². The predicted molar refractivity (Wildman–Crippen MR) is 100 cm³/mol. The molecule has 0 bridgehead atoms. The molecule has 25 heavy (non-hydrogen) atoms. The van der Waals surface area contributed by atoms with Gasteiger partial charge in [-0.15, -0.1) is 5.92 Å². The van der Waals surface area contributed by atoms with Crippen molar-refractivity contribution in [2.45, 2.75) is 22.8 Å². The molecule has 2 aliphatic heterocycles. The molecule has 0 atom stereocenters. The zero-order valence-electron chi connectivity index (χ0n) is 13.9. The van der Waals surface area contributed by atoms with Crippen molar-refractivity contribution in [3.63, 3.8) is 0 Å². The first-order valence-corrected chi connectivity index (χ1v) is 9.04. The lowest BCUT2D eigenvalue weighted by molar-refractivity contribution is 0.0211. The molecular formula is C20H18N2O2S. The Hall–Kier alpha value is -2.42. The van der Waals surface area contributed by atoms with Crippen molar-refractivity contribution in [1.29, 1.82) is 0 Å². The molecule has 4 nitrogen and oxygen atoms in total. The molecule has 1 saturated heterocycles. The summed E-state index contributed by atoms with van der Waals surface area (Å²) in [4.78, 5) is 16.8. The van der Waals surface area contributed by atoms with E-state index in [0.717, 1.165) is 39.9 Å². The van der Waals surface area contributed by atoms with Gasteiger partial charge in [0.1, 0.15) is 0 Å². The number of anilines is 2. The van der Waals surface area contributed by atoms with Crippen molar-refractivity contribution in [3.8, 4) is 11.8 Å². The lowest BCUT2D eigenvalue weighted by atomic mass is 10.1. The van der Waals surface area contributed by atoms with Gasteiger partial charge in [-0.05, 0) is 37.3 Å². The molecule has 2 aromatic rings. The van der Waals surface area contributed by atoms with Gasteiger partial charge in [0.2, 0.25) is 0 Å².